The van der Waals surface area contributed by atoms with Crippen LogP contribution in [-0.4, -0.2) is 33.9 Å². The fraction of sp³-hybridized carbons (Fsp3) is 0.588. The van der Waals surface area contributed by atoms with E-state index in [4.69, 9.17) is 16.3 Å². The van der Waals surface area contributed by atoms with E-state index in [1.54, 1.807) is 11.3 Å². The summed E-state index contributed by atoms with van der Waals surface area (Å²) in [5, 5.41) is 4.28. The van der Waals surface area contributed by atoms with Gasteiger partial charge in [-0.2, -0.15) is 5.10 Å². The number of hydrogen-bond donors (Lipinski definition) is 0. The van der Waals surface area contributed by atoms with E-state index in [9.17, 15) is 0 Å². The normalized spacial score (nSPS) is 28.2. The molecule has 0 bridgehead atoms. The Bertz CT molecular complexity index is 713. The highest BCUT2D eigenvalue weighted by atomic mass is 35.5. The molecular weight excluding hydrogens is 330 g/mol. The van der Waals surface area contributed by atoms with E-state index in [-0.39, 0.29) is 5.60 Å². The van der Waals surface area contributed by atoms with Crippen molar-refractivity contribution < 1.29 is 4.74 Å². The van der Waals surface area contributed by atoms with Gasteiger partial charge in [0.15, 0.2) is 0 Å². The van der Waals surface area contributed by atoms with Crippen LogP contribution in [0.4, 0.5) is 0 Å². The lowest BCUT2D eigenvalue weighted by molar-refractivity contribution is -0.110. The van der Waals surface area contributed by atoms with Crippen molar-refractivity contribution >= 4 is 22.9 Å². The Kier molecular flexibility index (Phi) is 4.00. The number of hydrogen-bond acceptors (Lipinski definition) is 4. The van der Waals surface area contributed by atoms with Crippen LogP contribution in [0.15, 0.2) is 18.3 Å². The van der Waals surface area contributed by atoms with Gasteiger partial charge in [0.25, 0.3) is 0 Å². The molecule has 2 aliphatic rings. The number of aryl methyl sites for hydroxylation is 1. The summed E-state index contributed by atoms with van der Waals surface area (Å²) in [4.78, 5) is 3.91. The van der Waals surface area contributed by atoms with Gasteiger partial charge in [0.05, 0.1) is 16.6 Å². The molecule has 0 radical (unpaired) electrons. The number of ether oxygens (including phenoxy) is 1. The molecule has 0 aliphatic carbocycles. The highest BCUT2D eigenvalue weighted by molar-refractivity contribution is 7.16. The monoisotopic (exact) mass is 351 g/mol. The summed E-state index contributed by atoms with van der Waals surface area (Å²) in [6.45, 7) is 5.12. The zero-order valence-corrected chi connectivity index (χ0v) is 15.2. The molecule has 124 valence electrons. The second-order valence-electron chi connectivity index (χ2n) is 6.72. The fourth-order valence-electron chi connectivity index (χ4n) is 3.98. The molecular formula is C17H22ClN3OS. The Labute approximate surface area is 146 Å². The molecule has 0 saturated carbocycles. The number of rotatable bonds is 2. The minimum Gasteiger partial charge on any atom is -0.369 e. The number of piperidine rings is 1. The van der Waals surface area contributed by atoms with Gasteiger partial charge in [-0.15, -0.1) is 11.3 Å². The van der Waals surface area contributed by atoms with Crippen LogP contribution in [0.1, 0.15) is 35.9 Å². The number of halogens is 1. The zero-order chi connectivity index (χ0) is 16.0. The molecule has 2 aromatic rings. The first-order valence-electron chi connectivity index (χ1n) is 8.21. The van der Waals surface area contributed by atoms with Gasteiger partial charge in [-0.1, -0.05) is 11.6 Å². The Balaban J connectivity index is 1.54. The van der Waals surface area contributed by atoms with Crippen molar-refractivity contribution in [1.82, 2.24) is 14.7 Å². The molecule has 0 unspecified atom stereocenters. The summed E-state index contributed by atoms with van der Waals surface area (Å²) >= 11 is 7.99. The van der Waals surface area contributed by atoms with E-state index in [1.165, 1.54) is 16.1 Å². The van der Waals surface area contributed by atoms with Crippen LogP contribution >= 0.6 is 22.9 Å². The van der Waals surface area contributed by atoms with Crippen LogP contribution in [0.2, 0.25) is 4.34 Å². The molecule has 2 aromatic heterocycles. The quantitative estimate of drug-likeness (QED) is 0.828. The van der Waals surface area contributed by atoms with Crippen molar-refractivity contribution in [1.29, 1.82) is 0 Å². The third-order valence-electron chi connectivity index (χ3n) is 5.28. The first-order chi connectivity index (χ1) is 11.1. The average molecular weight is 352 g/mol. The summed E-state index contributed by atoms with van der Waals surface area (Å²) in [5.74, 6) is 0. The van der Waals surface area contributed by atoms with Crippen molar-refractivity contribution in [2.75, 3.05) is 13.2 Å². The van der Waals surface area contributed by atoms with Crippen LogP contribution in [0, 0.1) is 0 Å². The minimum atomic E-state index is -0.117. The van der Waals surface area contributed by atoms with Crippen molar-refractivity contribution in [3.05, 3.63) is 38.8 Å². The largest absolute Gasteiger partial charge is 0.369 e. The molecule has 0 N–H and O–H groups in total. The van der Waals surface area contributed by atoms with Gasteiger partial charge < -0.3 is 4.74 Å². The van der Waals surface area contributed by atoms with Crippen LogP contribution in [0.25, 0.3) is 0 Å². The van der Waals surface area contributed by atoms with Crippen LogP contribution in [-0.2, 0) is 30.4 Å². The molecule has 6 heteroatoms. The van der Waals surface area contributed by atoms with Crippen molar-refractivity contribution in [3.63, 3.8) is 0 Å². The topological polar surface area (TPSA) is 30.3 Å². The van der Waals surface area contributed by atoms with Crippen LogP contribution in [0.5, 0.6) is 0 Å². The molecule has 0 aromatic carbocycles. The molecule has 1 saturated heterocycles. The lowest BCUT2D eigenvalue weighted by Crippen LogP contribution is -2.50. The third kappa shape index (κ3) is 2.74. The van der Waals surface area contributed by atoms with E-state index in [0.717, 1.165) is 43.3 Å². The fourth-order valence-corrected chi connectivity index (χ4v) is 5.46. The Morgan fingerprint density at radius 2 is 2.39 bits per heavy atom. The van der Waals surface area contributed by atoms with Crippen molar-refractivity contribution in [3.8, 4) is 0 Å². The highest BCUT2D eigenvalue weighted by Crippen LogP contribution is 2.48. The number of aromatic nitrogens is 2. The molecule has 1 spiro atoms. The van der Waals surface area contributed by atoms with Gasteiger partial charge in [-0.3, -0.25) is 9.58 Å². The summed E-state index contributed by atoms with van der Waals surface area (Å²) in [7, 11) is 2.01. The second-order valence-corrected chi connectivity index (χ2v) is 8.40. The Hall–Kier alpha value is -0.880. The number of likely N-dealkylation sites (tertiary alicyclic amines) is 1. The van der Waals surface area contributed by atoms with Crippen LogP contribution < -0.4 is 0 Å². The van der Waals surface area contributed by atoms with E-state index in [0.29, 0.717) is 6.04 Å². The summed E-state index contributed by atoms with van der Waals surface area (Å²) in [6, 6.07) is 4.72. The van der Waals surface area contributed by atoms with E-state index in [2.05, 4.69) is 29.1 Å². The van der Waals surface area contributed by atoms with E-state index in [1.807, 2.05) is 17.9 Å². The van der Waals surface area contributed by atoms with Gasteiger partial charge in [-0.25, -0.2) is 0 Å². The van der Waals surface area contributed by atoms with E-state index < -0.39 is 0 Å². The maximum Gasteiger partial charge on any atom is 0.105 e. The molecule has 2 aliphatic heterocycles. The molecule has 4 heterocycles. The summed E-state index contributed by atoms with van der Waals surface area (Å²) in [6.07, 6.45) is 4.94. The first-order valence-corrected chi connectivity index (χ1v) is 9.40. The van der Waals surface area contributed by atoms with Gasteiger partial charge >= 0.3 is 0 Å². The zero-order valence-electron chi connectivity index (χ0n) is 13.6. The molecule has 0 amide bonds. The van der Waals surface area contributed by atoms with Crippen molar-refractivity contribution in [2.45, 2.75) is 44.4 Å². The average Bonchev–Trinajstić information content (AvgIpc) is 3.09. The highest BCUT2D eigenvalue weighted by Gasteiger charge is 2.44. The van der Waals surface area contributed by atoms with E-state index >= 15 is 0 Å². The van der Waals surface area contributed by atoms with Gasteiger partial charge in [0, 0.05) is 37.3 Å². The lowest BCUT2D eigenvalue weighted by atomic mass is 9.82. The maximum atomic E-state index is 6.33. The second kappa shape index (κ2) is 5.88. The standard InChI is InChI=1S/C17H22ClN3OS/c1-12-10-17(16-13(4-8-22-17)9-15(18)23-16)5-7-21(12)11-14-3-6-19-20(14)2/h3,6,9,12H,4-5,7-8,10-11H2,1-2H3/t12-,17+/m0/s1. The predicted octanol–water partition coefficient (Wildman–Crippen LogP) is 3.59. The smallest absolute Gasteiger partial charge is 0.105 e. The number of thiophene rings is 1. The molecule has 4 rings (SSSR count). The number of nitrogens with zero attached hydrogens (tertiary/aromatic N) is 3. The van der Waals surface area contributed by atoms with Gasteiger partial charge in [-0.05, 0) is 43.9 Å². The maximum absolute atomic E-state index is 6.33. The van der Waals surface area contributed by atoms with Gasteiger partial charge in [0.2, 0.25) is 0 Å². The van der Waals surface area contributed by atoms with Gasteiger partial charge in [0.1, 0.15) is 5.60 Å². The Morgan fingerprint density at radius 3 is 3.13 bits per heavy atom. The summed E-state index contributed by atoms with van der Waals surface area (Å²) in [5.41, 5.74) is 2.55. The SMILES string of the molecule is C[C@H]1C[C@@]2(CCN1Cc1ccnn1C)OCCc1cc(Cl)sc12. The number of fused-ring (bicyclic) bond motifs is 2. The molecule has 4 nitrogen and oxygen atoms in total. The Morgan fingerprint density at radius 1 is 1.52 bits per heavy atom. The summed E-state index contributed by atoms with van der Waals surface area (Å²) < 4.78 is 9.19. The predicted molar refractivity (Wildman–Crippen MR) is 93.0 cm³/mol. The third-order valence-corrected chi connectivity index (χ3v) is 6.77. The van der Waals surface area contributed by atoms with Crippen LogP contribution in [0.3, 0.4) is 0 Å². The minimum absolute atomic E-state index is 0.117. The first kappa shape index (κ1) is 15.6. The van der Waals surface area contributed by atoms with Crippen molar-refractivity contribution in [2.24, 2.45) is 7.05 Å². The lowest BCUT2D eigenvalue weighted by Gasteiger charge is -2.47. The molecule has 23 heavy (non-hydrogen) atoms. The molecule has 1 fully saturated rings. The molecule has 2 atom stereocenters.